The van der Waals surface area contributed by atoms with Crippen LogP contribution in [0.2, 0.25) is 10.4 Å². The lowest BCUT2D eigenvalue weighted by Crippen LogP contribution is -1.95. The van der Waals surface area contributed by atoms with Gasteiger partial charge < -0.3 is 0 Å². The third-order valence-corrected chi connectivity index (χ3v) is 3.48. The predicted molar refractivity (Wildman–Crippen MR) is 51.8 cm³/mol. The minimum atomic E-state index is 0.244. The number of fused-ring (bicyclic) bond motifs is 1. The van der Waals surface area contributed by atoms with Crippen molar-refractivity contribution in [3.05, 3.63) is 21.7 Å². The molecule has 0 saturated carbocycles. The average Bonchev–Trinajstić information content (AvgIpc) is 2.33. The molecular formula is C7H6Cl2N2S. The van der Waals surface area contributed by atoms with Gasteiger partial charge in [0.15, 0.2) is 0 Å². The van der Waals surface area contributed by atoms with Crippen LogP contribution in [0.3, 0.4) is 0 Å². The first-order valence-electron chi connectivity index (χ1n) is 3.52. The summed E-state index contributed by atoms with van der Waals surface area (Å²) in [7, 11) is 0. The highest BCUT2D eigenvalue weighted by Gasteiger charge is 2.24. The molecule has 1 aromatic rings. The van der Waals surface area contributed by atoms with Crippen molar-refractivity contribution < 1.29 is 0 Å². The van der Waals surface area contributed by atoms with E-state index in [-0.39, 0.29) is 5.28 Å². The first-order chi connectivity index (χ1) is 5.68. The molecule has 0 spiro atoms. The van der Waals surface area contributed by atoms with Gasteiger partial charge in [0.05, 0.1) is 5.69 Å². The molecule has 0 radical (unpaired) electrons. The highest BCUT2D eigenvalue weighted by molar-refractivity contribution is 7.99. The number of hydrogen-bond acceptors (Lipinski definition) is 3. The maximum absolute atomic E-state index is 5.89. The Morgan fingerprint density at radius 3 is 2.92 bits per heavy atom. The Labute approximate surface area is 84.7 Å². The molecule has 1 aliphatic heterocycles. The lowest BCUT2D eigenvalue weighted by molar-refractivity contribution is 0.976. The Morgan fingerprint density at radius 1 is 1.42 bits per heavy atom. The van der Waals surface area contributed by atoms with E-state index in [1.807, 2.05) is 0 Å². The van der Waals surface area contributed by atoms with E-state index in [1.54, 1.807) is 11.8 Å². The zero-order valence-electron chi connectivity index (χ0n) is 6.34. The van der Waals surface area contributed by atoms with E-state index in [0.29, 0.717) is 10.4 Å². The van der Waals surface area contributed by atoms with Crippen LogP contribution < -0.4 is 0 Å². The van der Waals surface area contributed by atoms with Crippen molar-refractivity contribution in [3.8, 4) is 0 Å². The second-order valence-electron chi connectivity index (χ2n) is 2.60. The van der Waals surface area contributed by atoms with Gasteiger partial charge in [-0.2, -0.15) is 0 Å². The number of hydrogen-bond donors (Lipinski definition) is 0. The highest BCUT2D eigenvalue weighted by atomic mass is 35.5. The Morgan fingerprint density at radius 2 is 2.17 bits per heavy atom. The van der Waals surface area contributed by atoms with Crippen molar-refractivity contribution in [3.63, 3.8) is 0 Å². The number of aromatic nitrogens is 2. The number of thioether (sulfide) groups is 1. The van der Waals surface area contributed by atoms with Gasteiger partial charge in [0.25, 0.3) is 0 Å². The fourth-order valence-electron chi connectivity index (χ4n) is 1.20. The molecule has 2 heterocycles. The summed E-state index contributed by atoms with van der Waals surface area (Å²) in [5.74, 6) is 0.895. The monoisotopic (exact) mass is 220 g/mol. The van der Waals surface area contributed by atoms with Crippen LogP contribution >= 0.6 is 35.0 Å². The van der Waals surface area contributed by atoms with Gasteiger partial charge in [-0.1, -0.05) is 11.6 Å². The summed E-state index contributed by atoms with van der Waals surface area (Å²) in [6.45, 7) is 2.09. The molecule has 0 N–H and O–H groups in total. The van der Waals surface area contributed by atoms with Crippen LogP contribution in [0.25, 0.3) is 0 Å². The van der Waals surface area contributed by atoms with Crippen LogP contribution in [0.4, 0.5) is 0 Å². The maximum atomic E-state index is 5.89. The standard InChI is InChI=1S/C7H6Cl2N2S/c1-3-5-4(2-12-3)6(8)11-7(9)10-5/h3H,2H2,1H3/t3-/m0/s1. The van der Waals surface area contributed by atoms with Gasteiger partial charge in [-0.15, -0.1) is 11.8 Å². The van der Waals surface area contributed by atoms with Crippen LogP contribution in [0.1, 0.15) is 23.4 Å². The summed E-state index contributed by atoms with van der Waals surface area (Å²) in [5.41, 5.74) is 2.03. The molecule has 0 saturated heterocycles. The summed E-state index contributed by atoms with van der Waals surface area (Å²) in [4.78, 5) is 8.03. The minimum absolute atomic E-state index is 0.244. The van der Waals surface area contributed by atoms with E-state index in [9.17, 15) is 0 Å². The van der Waals surface area contributed by atoms with E-state index in [0.717, 1.165) is 17.0 Å². The molecular weight excluding hydrogens is 215 g/mol. The molecule has 1 aliphatic rings. The zero-order valence-corrected chi connectivity index (χ0v) is 8.67. The number of halogens is 2. The second-order valence-corrected chi connectivity index (χ2v) is 4.63. The lowest BCUT2D eigenvalue weighted by atomic mass is 10.2. The van der Waals surface area contributed by atoms with Crippen LogP contribution in [0.15, 0.2) is 0 Å². The van der Waals surface area contributed by atoms with Crippen molar-refractivity contribution in [1.29, 1.82) is 0 Å². The second kappa shape index (κ2) is 3.05. The normalized spacial score (nSPS) is 21.1. The molecule has 1 aromatic heterocycles. The van der Waals surface area contributed by atoms with Crippen molar-refractivity contribution in [2.24, 2.45) is 0 Å². The minimum Gasteiger partial charge on any atom is -0.221 e. The largest absolute Gasteiger partial charge is 0.224 e. The van der Waals surface area contributed by atoms with Gasteiger partial charge in [0, 0.05) is 16.6 Å². The Kier molecular flexibility index (Phi) is 2.19. The summed E-state index contributed by atoms with van der Waals surface area (Å²) in [6.07, 6.45) is 0. The van der Waals surface area contributed by atoms with Crippen molar-refractivity contribution >= 4 is 35.0 Å². The van der Waals surface area contributed by atoms with Gasteiger partial charge in [0.2, 0.25) is 5.28 Å². The molecule has 0 fully saturated rings. The molecule has 64 valence electrons. The Bertz CT molecular complexity index is 329. The van der Waals surface area contributed by atoms with E-state index in [1.165, 1.54) is 0 Å². The fourth-order valence-corrected chi connectivity index (χ4v) is 2.80. The molecule has 0 aliphatic carbocycles. The zero-order chi connectivity index (χ0) is 8.72. The summed E-state index contributed by atoms with van der Waals surface area (Å²) < 4.78 is 0. The van der Waals surface area contributed by atoms with E-state index in [2.05, 4.69) is 16.9 Å². The van der Waals surface area contributed by atoms with Gasteiger partial charge in [-0.25, -0.2) is 9.97 Å². The van der Waals surface area contributed by atoms with Gasteiger partial charge in [-0.3, -0.25) is 0 Å². The van der Waals surface area contributed by atoms with Gasteiger partial charge >= 0.3 is 0 Å². The molecule has 5 heteroatoms. The van der Waals surface area contributed by atoms with Crippen LogP contribution in [0.5, 0.6) is 0 Å². The van der Waals surface area contributed by atoms with Gasteiger partial charge in [0.1, 0.15) is 5.15 Å². The first kappa shape index (κ1) is 8.60. The Balaban J connectivity index is 2.60. The SMILES string of the molecule is C[C@@H]1SCc2c(Cl)nc(Cl)nc21. The summed E-state index contributed by atoms with van der Waals surface area (Å²) in [5, 5.41) is 1.13. The van der Waals surface area contributed by atoms with Crippen molar-refractivity contribution in [1.82, 2.24) is 9.97 Å². The molecule has 0 bridgehead atoms. The van der Waals surface area contributed by atoms with Gasteiger partial charge in [-0.05, 0) is 18.5 Å². The molecule has 0 amide bonds. The van der Waals surface area contributed by atoms with E-state index >= 15 is 0 Å². The fraction of sp³-hybridized carbons (Fsp3) is 0.429. The molecule has 0 unspecified atom stereocenters. The van der Waals surface area contributed by atoms with Crippen LogP contribution in [0, 0.1) is 0 Å². The Hall–Kier alpha value is 0.01000. The topological polar surface area (TPSA) is 25.8 Å². The third kappa shape index (κ3) is 1.30. The predicted octanol–water partition coefficient (Wildman–Crippen LogP) is 3.09. The van der Waals surface area contributed by atoms with Crippen molar-refractivity contribution in [2.45, 2.75) is 17.9 Å². The molecule has 2 rings (SSSR count). The average molecular weight is 221 g/mol. The molecule has 1 atom stereocenters. The quantitative estimate of drug-likeness (QED) is 0.497. The smallest absolute Gasteiger partial charge is 0.221 e. The van der Waals surface area contributed by atoms with E-state index < -0.39 is 0 Å². The number of nitrogens with zero attached hydrogens (tertiary/aromatic N) is 2. The van der Waals surface area contributed by atoms with Crippen LogP contribution in [-0.2, 0) is 5.75 Å². The maximum Gasteiger partial charge on any atom is 0.224 e. The lowest BCUT2D eigenvalue weighted by Gasteiger charge is -2.02. The summed E-state index contributed by atoms with van der Waals surface area (Å²) >= 11 is 13.4. The highest BCUT2D eigenvalue weighted by Crippen LogP contribution is 2.42. The first-order valence-corrected chi connectivity index (χ1v) is 5.32. The van der Waals surface area contributed by atoms with Crippen LogP contribution in [-0.4, -0.2) is 9.97 Å². The van der Waals surface area contributed by atoms with E-state index in [4.69, 9.17) is 23.2 Å². The summed E-state index contributed by atoms with van der Waals surface area (Å²) in [6, 6.07) is 0. The third-order valence-electron chi connectivity index (χ3n) is 1.82. The number of rotatable bonds is 0. The molecule has 0 aromatic carbocycles. The molecule has 12 heavy (non-hydrogen) atoms. The van der Waals surface area contributed by atoms with Crippen molar-refractivity contribution in [2.75, 3.05) is 0 Å². The molecule has 2 nitrogen and oxygen atoms in total.